The van der Waals surface area contributed by atoms with Gasteiger partial charge in [0.25, 0.3) is 0 Å². The van der Waals surface area contributed by atoms with Gasteiger partial charge in [-0.15, -0.1) is 0 Å². The average Bonchev–Trinajstić information content (AvgIpc) is 2.47. The Morgan fingerprint density at radius 2 is 1.10 bits per heavy atom. The zero-order valence-electron chi connectivity index (χ0n) is 11.9. The van der Waals surface area contributed by atoms with Crippen molar-refractivity contribution in [2.45, 2.75) is 13.8 Å². The van der Waals surface area contributed by atoms with Crippen LogP contribution in [0.3, 0.4) is 0 Å². The van der Waals surface area contributed by atoms with Crippen molar-refractivity contribution in [3.8, 4) is 0 Å². The Morgan fingerprint density at radius 1 is 0.750 bits per heavy atom. The number of benzene rings is 2. The first-order valence-electron chi connectivity index (χ1n) is 5.83. The van der Waals surface area contributed by atoms with Crippen LogP contribution in [-0.2, 0) is 0 Å². The van der Waals surface area contributed by atoms with Crippen molar-refractivity contribution in [1.82, 2.24) is 0 Å². The first kappa shape index (κ1) is 23.2. The van der Waals surface area contributed by atoms with Gasteiger partial charge < -0.3 is 0 Å². The van der Waals surface area contributed by atoms with Crippen LogP contribution in [-0.4, -0.2) is 7.36 Å². The third kappa shape index (κ3) is 17.0. The van der Waals surface area contributed by atoms with E-state index in [9.17, 15) is 0 Å². The summed E-state index contributed by atoms with van der Waals surface area (Å²) in [5.41, 5.74) is 2.57. The van der Waals surface area contributed by atoms with E-state index in [1.54, 1.807) is 0 Å². The summed E-state index contributed by atoms with van der Waals surface area (Å²) < 4.78 is 1.19. The molecule has 0 saturated heterocycles. The molecule has 0 fully saturated rings. The van der Waals surface area contributed by atoms with Gasteiger partial charge in [0, 0.05) is 5.02 Å². The molecule has 2 rings (SSSR count). The van der Waals surface area contributed by atoms with Crippen molar-refractivity contribution in [3.63, 3.8) is 0 Å². The fourth-order valence-electron chi connectivity index (χ4n) is 1.07. The average molecular weight is 629 g/mol. The molecular formula is C16H20ClI3. The SMILES string of the molecule is CI.Cc1ccc(Cl)cc1.Cc1ccccc1.ICI. The maximum atomic E-state index is 5.61. The topological polar surface area (TPSA) is 0 Å². The summed E-state index contributed by atoms with van der Waals surface area (Å²) >= 11 is 12.3. The lowest BCUT2D eigenvalue weighted by atomic mass is 10.2. The van der Waals surface area contributed by atoms with Crippen LogP contribution in [0, 0.1) is 13.8 Å². The first-order chi connectivity index (χ1) is 9.60. The van der Waals surface area contributed by atoms with Crippen molar-refractivity contribution in [3.05, 3.63) is 70.7 Å². The molecule has 0 unspecified atom stereocenters. The highest BCUT2D eigenvalue weighted by molar-refractivity contribution is 14.2. The molecule has 112 valence electrons. The molecule has 0 aliphatic heterocycles. The lowest BCUT2D eigenvalue weighted by Gasteiger charge is -1.88. The quantitative estimate of drug-likeness (QED) is 0.209. The molecule has 4 heteroatoms. The maximum Gasteiger partial charge on any atom is 0.0516 e. The van der Waals surface area contributed by atoms with E-state index in [-0.39, 0.29) is 0 Å². The van der Waals surface area contributed by atoms with Gasteiger partial charge in [-0.25, -0.2) is 0 Å². The van der Waals surface area contributed by atoms with Gasteiger partial charge in [-0.2, -0.15) is 0 Å². The second-order valence-corrected chi connectivity index (χ2v) is 8.43. The Morgan fingerprint density at radius 3 is 1.35 bits per heavy atom. The molecule has 0 N–H and O–H groups in total. The Kier molecular flexibility index (Phi) is 20.8. The highest BCUT2D eigenvalue weighted by Gasteiger charge is 1.81. The number of halogens is 4. The molecule has 0 saturated carbocycles. The Balaban J connectivity index is 0. The number of hydrogen-bond donors (Lipinski definition) is 0. The highest BCUT2D eigenvalue weighted by Crippen LogP contribution is 2.07. The molecule has 2 aromatic rings. The highest BCUT2D eigenvalue weighted by atomic mass is 127. The maximum absolute atomic E-state index is 5.61. The number of hydrogen-bond acceptors (Lipinski definition) is 0. The fourth-order valence-corrected chi connectivity index (χ4v) is 1.19. The predicted octanol–water partition coefficient (Wildman–Crippen LogP) is 7.51. The van der Waals surface area contributed by atoms with Gasteiger partial charge in [-0.1, -0.05) is 133 Å². The Labute approximate surface area is 169 Å². The largest absolute Gasteiger partial charge is 0.0901 e. The Bertz CT molecular complexity index is 381. The molecular weight excluding hydrogens is 608 g/mol. The second-order valence-electron chi connectivity index (χ2n) is 3.55. The van der Waals surface area contributed by atoms with Crippen molar-refractivity contribution >= 4 is 79.4 Å². The summed E-state index contributed by atoms with van der Waals surface area (Å²) in [6.07, 6.45) is 0. The Hall–Kier alpha value is 0.920. The van der Waals surface area contributed by atoms with E-state index in [0.717, 1.165) is 5.02 Å². The van der Waals surface area contributed by atoms with Gasteiger partial charge in [-0.3, -0.25) is 0 Å². The van der Waals surface area contributed by atoms with Crippen molar-refractivity contribution in [2.75, 3.05) is 7.36 Å². The fraction of sp³-hybridized carbons (Fsp3) is 0.250. The molecule has 0 amide bonds. The van der Waals surface area contributed by atoms with Gasteiger partial charge >= 0.3 is 0 Å². The molecule has 20 heavy (non-hydrogen) atoms. The minimum absolute atomic E-state index is 0.801. The minimum atomic E-state index is 0.801. The van der Waals surface area contributed by atoms with Crippen LogP contribution in [0.5, 0.6) is 0 Å². The molecule has 0 aliphatic rings. The molecule has 0 heterocycles. The molecule has 0 aliphatic carbocycles. The van der Waals surface area contributed by atoms with Crippen molar-refractivity contribution in [2.24, 2.45) is 0 Å². The molecule has 0 bridgehead atoms. The number of alkyl halides is 3. The van der Waals surface area contributed by atoms with Gasteiger partial charge in [0.05, 0.1) is 2.43 Å². The normalized spacial score (nSPS) is 7.95. The van der Waals surface area contributed by atoms with E-state index in [4.69, 9.17) is 11.6 Å². The summed E-state index contributed by atoms with van der Waals surface area (Å²) in [7, 11) is 0. The molecule has 2 aromatic carbocycles. The zero-order valence-corrected chi connectivity index (χ0v) is 19.1. The second kappa shape index (κ2) is 18.0. The van der Waals surface area contributed by atoms with Crippen LogP contribution in [0.1, 0.15) is 11.1 Å². The summed E-state index contributed by atoms with van der Waals surface area (Å²) in [6.45, 7) is 4.12. The smallest absolute Gasteiger partial charge is 0.0516 e. The van der Waals surface area contributed by atoms with Crippen molar-refractivity contribution in [1.29, 1.82) is 0 Å². The first-order valence-corrected chi connectivity index (χ1v) is 11.4. The van der Waals surface area contributed by atoms with Crippen LogP contribution in [0.15, 0.2) is 54.6 Å². The van der Waals surface area contributed by atoms with Crippen LogP contribution in [0.25, 0.3) is 0 Å². The molecule has 0 nitrogen and oxygen atoms in total. The van der Waals surface area contributed by atoms with Crippen molar-refractivity contribution < 1.29 is 0 Å². The predicted molar refractivity (Wildman–Crippen MR) is 120 cm³/mol. The third-order valence-corrected chi connectivity index (χ3v) is 2.20. The monoisotopic (exact) mass is 628 g/mol. The van der Waals surface area contributed by atoms with Crippen LogP contribution in [0.2, 0.25) is 5.02 Å². The summed E-state index contributed by atoms with van der Waals surface area (Å²) in [5.74, 6) is 0. The summed E-state index contributed by atoms with van der Waals surface area (Å²) in [4.78, 5) is 1.97. The van der Waals surface area contributed by atoms with Gasteiger partial charge in [0.2, 0.25) is 0 Å². The van der Waals surface area contributed by atoms with E-state index in [2.05, 4.69) is 86.8 Å². The molecule has 0 radical (unpaired) electrons. The van der Waals surface area contributed by atoms with E-state index >= 15 is 0 Å². The lowest BCUT2D eigenvalue weighted by Crippen LogP contribution is -1.66. The van der Waals surface area contributed by atoms with Crippen LogP contribution < -0.4 is 0 Å². The third-order valence-electron chi connectivity index (χ3n) is 1.95. The minimum Gasteiger partial charge on any atom is -0.0901 e. The standard InChI is InChI=1S/C7H7Cl.C7H8.CH2I2.CH3I/c1-6-2-4-7(8)5-3-6;1-7-5-3-2-4-6-7;2-1-3;1-2/h2-5H,1H3;2-6H,1H3;1H2;1H3. The lowest BCUT2D eigenvalue weighted by molar-refractivity contribution is 1.48. The van der Waals surface area contributed by atoms with Crippen LogP contribution >= 0.6 is 79.4 Å². The molecule has 0 atom stereocenters. The van der Waals surface area contributed by atoms with E-state index in [0.29, 0.717) is 0 Å². The van der Waals surface area contributed by atoms with Gasteiger partial charge in [-0.05, 0) is 30.9 Å². The van der Waals surface area contributed by atoms with Crippen LogP contribution in [0.4, 0.5) is 0 Å². The van der Waals surface area contributed by atoms with E-state index in [1.165, 1.54) is 13.6 Å². The summed E-state index contributed by atoms with van der Waals surface area (Å²) in [6, 6.07) is 18.0. The van der Waals surface area contributed by atoms with E-state index < -0.39 is 0 Å². The van der Waals surface area contributed by atoms with Gasteiger partial charge in [0.1, 0.15) is 0 Å². The number of aryl methyl sites for hydroxylation is 2. The summed E-state index contributed by atoms with van der Waals surface area (Å²) in [5, 5.41) is 0.801. The van der Waals surface area contributed by atoms with Gasteiger partial charge in [0.15, 0.2) is 0 Å². The zero-order chi connectivity index (χ0) is 15.8. The molecule has 0 spiro atoms. The van der Waals surface area contributed by atoms with E-state index in [1.807, 2.05) is 54.3 Å². The number of rotatable bonds is 0. The molecule has 0 aromatic heterocycles.